The number of nitrogens with one attached hydrogen (secondary N) is 3. The minimum absolute atomic E-state index is 0.0879. The smallest absolute Gasteiger partial charge is 0.242 e. The number of nitrogens with zero attached hydrogens (tertiary/aromatic N) is 1. The molecule has 1 unspecified atom stereocenters. The third-order valence-corrected chi connectivity index (χ3v) is 4.33. The zero-order chi connectivity index (χ0) is 14.5. The highest BCUT2D eigenvalue weighted by Crippen LogP contribution is 2.11. The van der Waals surface area contributed by atoms with Gasteiger partial charge in [0, 0.05) is 24.5 Å². The van der Waals surface area contributed by atoms with E-state index in [9.17, 15) is 8.42 Å². The van der Waals surface area contributed by atoms with Crippen LogP contribution in [0.1, 0.15) is 19.0 Å². The number of sulfonamides is 1. The molecule has 0 fully saturated rings. The lowest BCUT2D eigenvalue weighted by molar-refractivity contribution is 0.379. The minimum Gasteiger partial charge on any atom is -0.363 e. The molecule has 0 amide bonds. The summed E-state index contributed by atoms with van der Waals surface area (Å²) >= 11 is 0. The van der Waals surface area contributed by atoms with Crippen LogP contribution in [0.15, 0.2) is 17.2 Å². The summed E-state index contributed by atoms with van der Waals surface area (Å²) in [7, 11) is 2.32. The summed E-state index contributed by atoms with van der Waals surface area (Å²) in [5.74, 6) is 0. The normalized spacial score (nSPS) is 13.9. The van der Waals surface area contributed by atoms with Gasteiger partial charge in [0.15, 0.2) is 0 Å². The van der Waals surface area contributed by atoms with Crippen molar-refractivity contribution >= 4 is 10.0 Å². The fourth-order valence-corrected chi connectivity index (χ4v) is 3.01. The van der Waals surface area contributed by atoms with Crippen LogP contribution in [0.2, 0.25) is 0 Å². The van der Waals surface area contributed by atoms with Gasteiger partial charge in [0.25, 0.3) is 0 Å². The molecule has 1 atom stereocenters. The molecular weight excluding hydrogens is 264 g/mol. The van der Waals surface area contributed by atoms with Crippen LogP contribution in [0, 0.1) is 0 Å². The van der Waals surface area contributed by atoms with Crippen LogP contribution in [0.25, 0.3) is 0 Å². The molecule has 1 aromatic rings. The quantitative estimate of drug-likeness (QED) is 0.645. The second kappa shape index (κ2) is 7.04. The van der Waals surface area contributed by atoms with Gasteiger partial charge >= 0.3 is 0 Å². The van der Waals surface area contributed by atoms with Crippen molar-refractivity contribution in [1.29, 1.82) is 0 Å². The van der Waals surface area contributed by atoms with Gasteiger partial charge in [-0.3, -0.25) is 0 Å². The van der Waals surface area contributed by atoms with E-state index in [1.54, 1.807) is 6.07 Å². The summed E-state index contributed by atoms with van der Waals surface area (Å²) < 4.78 is 27.0. The van der Waals surface area contributed by atoms with Crippen molar-refractivity contribution < 1.29 is 8.42 Å². The summed E-state index contributed by atoms with van der Waals surface area (Å²) in [5, 5.41) is 2.97. The standard InChI is InChI=1S/C12H24N4O2S/c1-10(5-6-16(3)4)15-19(17,18)12-7-11(8-13-2)14-9-12/h7,9-10,13-15H,5-6,8H2,1-4H3. The van der Waals surface area contributed by atoms with Crippen LogP contribution >= 0.6 is 0 Å². The molecule has 0 aliphatic rings. The van der Waals surface area contributed by atoms with Crippen molar-refractivity contribution in [3.63, 3.8) is 0 Å². The van der Waals surface area contributed by atoms with E-state index < -0.39 is 10.0 Å². The summed E-state index contributed by atoms with van der Waals surface area (Å²) in [6.45, 7) is 3.34. The van der Waals surface area contributed by atoms with Gasteiger partial charge in [0.05, 0.1) is 4.90 Å². The fraction of sp³-hybridized carbons (Fsp3) is 0.667. The van der Waals surface area contributed by atoms with Crippen molar-refractivity contribution in [3.8, 4) is 0 Å². The molecule has 1 rings (SSSR count). The lowest BCUT2D eigenvalue weighted by Crippen LogP contribution is -2.34. The minimum atomic E-state index is -3.43. The van der Waals surface area contributed by atoms with E-state index in [1.807, 2.05) is 33.0 Å². The summed E-state index contributed by atoms with van der Waals surface area (Å²) in [6, 6.07) is 1.56. The molecule has 1 heterocycles. The topological polar surface area (TPSA) is 77.2 Å². The Hall–Kier alpha value is -0.890. The van der Waals surface area contributed by atoms with Crippen molar-refractivity contribution in [3.05, 3.63) is 18.0 Å². The van der Waals surface area contributed by atoms with Gasteiger partial charge in [-0.1, -0.05) is 0 Å². The Bertz CT molecular complexity index is 482. The molecule has 0 aliphatic heterocycles. The predicted octanol–water partition coefficient (Wildman–Crippen LogP) is 0.353. The highest BCUT2D eigenvalue weighted by atomic mass is 32.2. The Morgan fingerprint density at radius 3 is 2.68 bits per heavy atom. The zero-order valence-corrected chi connectivity index (χ0v) is 12.8. The molecule has 0 spiro atoms. The van der Waals surface area contributed by atoms with E-state index in [1.165, 1.54) is 6.20 Å². The molecule has 6 nitrogen and oxygen atoms in total. The first-order valence-electron chi connectivity index (χ1n) is 6.34. The van der Waals surface area contributed by atoms with Crippen LogP contribution in [-0.2, 0) is 16.6 Å². The number of rotatable bonds is 8. The van der Waals surface area contributed by atoms with Gasteiger partial charge in [-0.05, 0) is 47.1 Å². The Labute approximate surface area is 115 Å². The molecule has 0 aliphatic carbocycles. The largest absolute Gasteiger partial charge is 0.363 e. The van der Waals surface area contributed by atoms with E-state index in [0.29, 0.717) is 6.54 Å². The molecule has 0 aromatic carbocycles. The highest BCUT2D eigenvalue weighted by molar-refractivity contribution is 7.89. The van der Waals surface area contributed by atoms with E-state index in [-0.39, 0.29) is 10.9 Å². The Morgan fingerprint density at radius 2 is 2.11 bits per heavy atom. The van der Waals surface area contributed by atoms with Crippen LogP contribution in [0.5, 0.6) is 0 Å². The number of aromatic amines is 1. The molecule has 0 saturated heterocycles. The van der Waals surface area contributed by atoms with Crippen LogP contribution in [0.3, 0.4) is 0 Å². The van der Waals surface area contributed by atoms with Crippen LogP contribution < -0.4 is 10.0 Å². The SMILES string of the molecule is CNCc1cc(S(=O)(=O)NC(C)CCN(C)C)c[nH]1. The fourth-order valence-electron chi connectivity index (χ4n) is 1.71. The van der Waals surface area contributed by atoms with Gasteiger partial charge in [-0.2, -0.15) is 0 Å². The Morgan fingerprint density at radius 1 is 1.42 bits per heavy atom. The first-order chi connectivity index (χ1) is 8.85. The summed E-state index contributed by atoms with van der Waals surface area (Å²) in [4.78, 5) is 5.27. The molecule has 1 aromatic heterocycles. The van der Waals surface area contributed by atoms with Gasteiger partial charge in [-0.25, -0.2) is 13.1 Å². The van der Waals surface area contributed by atoms with E-state index >= 15 is 0 Å². The maximum absolute atomic E-state index is 12.1. The maximum atomic E-state index is 12.1. The van der Waals surface area contributed by atoms with Crippen molar-refractivity contribution in [2.24, 2.45) is 0 Å². The van der Waals surface area contributed by atoms with Crippen LogP contribution in [-0.4, -0.2) is 52.0 Å². The number of hydrogen-bond acceptors (Lipinski definition) is 4. The van der Waals surface area contributed by atoms with Gasteiger partial charge < -0.3 is 15.2 Å². The Balaban J connectivity index is 2.64. The van der Waals surface area contributed by atoms with Crippen molar-refractivity contribution in [1.82, 2.24) is 19.9 Å². The first-order valence-corrected chi connectivity index (χ1v) is 7.82. The molecule has 0 radical (unpaired) electrons. The number of H-pyrrole nitrogens is 1. The molecule has 19 heavy (non-hydrogen) atoms. The summed E-state index contributed by atoms with van der Waals surface area (Å²) in [6.07, 6.45) is 2.30. The van der Waals surface area contributed by atoms with Gasteiger partial charge in [-0.15, -0.1) is 0 Å². The van der Waals surface area contributed by atoms with Gasteiger partial charge in [0.1, 0.15) is 0 Å². The second-order valence-corrected chi connectivity index (χ2v) is 6.72. The molecule has 7 heteroatoms. The highest BCUT2D eigenvalue weighted by Gasteiger charge is 2.18. The zero-order valence-electron chi connectivity index (χ0n) is 12.0. The number of aromatic nitrogens is 1. The van der Waals surface area contributed by atoms with E-state index in [0.717, 1.165) is 18.7 Å². The van der Waals surface area contributed by atoms with Crippen molar-refractivity contribution in [2.45, 2.75) is 30.8 Å². The van der Waals surface area contributed by atoms with E-state index in [2.05, 4.69) is 15.0 Å². The second-order valence-electron chi connectivity index (χ2n) is 5.01. The number of hydrogen-bond donors (Lipinski definition) is 3. The lowest BCUT2D eigenvalue weighted by Gasteiger charge is -2.16. The third kappa shape index (κ3) is 5.32. The molecule has 0 saturated carbocycles. The summed E-state index contributed by atoms with van der Waals surface area (Å²) in [5.41, 5.74) is 0.851. The average molecular weight is 288 g/mol. The maximum Gasteiger partial charge on any atom is 0.242 e. The molecular formula is C12H24N4O2S. The predicted molar refractivity (Wildman–Crippen MR) is 76.5 cm³/mol. The van der Waals surface area contributed by atoms with E-state index in [4.69, 9.17) is 0 Å². The first kappa shape index (κ1) is 16.2. The lowest BCUT2D eigenvalue weighted by atomic mass is 10.2. The average Bonchev–Trinajstić information content (AvgIpc) is 2.76. The van der Waals surface area contributed by atoms with Crippen molar-refractivity contribution in [2.75, 3.05) is 27.7 Å². The Kier molecular flexibility index (Phi) is 5.99. The molecule has 3 N–H and O–H groups in total. The molecule has 110 valence electrons. The van der Waals surface area contributed by atoms with Gasteiger partial charge in [0.2, 0.25) is 10.0 Å². The molecule has 0 bridgehead atoms. The third-order valence-electron chi connectivity index (χ3n) is 2.76. The monoisotopic (exact) mass is 288 g/mol. The van der Waals surface area contributed by atoms with Crippen LogP contribution in [0.4, 0.5) is 0 Å².